The molecule has 1 unspecified atom stereocenters. The van der Waals surface area contributed by atoms with Crippen molar-refractivity contribution in [2.45, 2.75) is 6.04 Å². The molecule has 0 saturated heterocycles. The summed E-state index contributed by atoms with van der Waals surface area (Å²) in [7, 11) is 4.86. The number of likely N-dealkylation sites (N-methyl/N-ethyl adjacent to an activating group) is 1. The molecule has 0 spiro atoms. The molecule has 1 atom stereocenters. The van der Waals surface area contributed by atoms with E-state index in [1.54, 1.807) is 39.4 Å². The molecule has 0 aromatic heterocycles. The topological polar surface area (TPSA) is 55.6 Å². The Labute approximate surface area is 99.9 Å². The van der Waals surface area contributed by atoms with Crippen molar-refractivity contribution in [2.75, 3.05) is 21.2 Å². The molecule has 0 aliphatic carbocycles. The van der Waals surface area contributed by atoms with Crippen LogP contribution in [0, 0.1) is 0 Å². The first-order chi connectivity index (χ1) is 7.47. The lowest BCUT2D eigenvalue weighted by molar-refractivity contribution is -0.130. The van der Waals surface area contributed by atoms with E-state index in [0.29, 0.717) is 16.3 Å². The summed E-state index contributed by atoms with van der Waals surface area (Å²) in [6, 6.07) is 4.32. The molecule has 1 rings (SSSR count). The van der Waals surface area contributed by atoms with E-state index in [4.69, 9.17) is 22.1 Å². The highest BCUT2D eigenvalue weighted by molar-refractivity contribution is 6.31. The number of benzene rings is 1. The summed E-state index contributed by atoms with van der Waals surface area (Å²) < 4.78 is 5.02. The summed E-state index contributed by atoms with van der Waals surface area (Å²) in [4.78, 5) is 13.1. The zero-order valence-corrected chi connectivity index (χ0v) is 10.3. The van der Waals surface area contributed by atoms with E-state index in [1.165, 1.54) is 4.90 Å². The van der Waals surface area contributed by atoms with Crippen LogP contribution < -0.4 is 10.5 Å². The predicted molar refractivity (Wildman–Crippen MR) is 63.6 cm³/mol. The monoisotopic (exact) mass is 242 g/mol. The van der Waals surface area contributed by atoms with E-state index in [2.05, 4.69) is 0 Å². The Balaban J connectivity index is 3.00. The van der Waals surface area contributed by atoms with Gasteiger partial charge in [0.05, 0.1) is 7.11 Å². The molecule has 1 aromatic carbocycles. The Morgan fingerprint density at radius 2 is 2.12 bits per heavy atom. The van der Waals surface area contributed by atoms with Gasteiger partial charge < -0.3 is 15.4 Å². The average Bonchev–Trinajstić information content (AvgIpc) is 2.26. The maximum absolute atomic E-state index is 11.7. The highest BCUT2D eigenvalue weighted by Gasteiger charge is 2.20. The number of methoxy groups -OCH3 is 1. The number of nitrogens with zero attached hydrogens (tertiary/aromatic N) is 1. The van der Waals surface area contributed by atoms with Gasteiger partial charge in [0.1, 0.15) is 11.8 Å². The highest BCUT2D eigenvalue weighted by atomic mass is 35.5. The number of rotatable bonds is 3. The Kier molecular flexibility index (Phi) is 4.15. The fourth-order valence-electron chi connectivity index (χ4n) is 1.30. The number of carbonyl (C=O) groups is 1. The van der Waals surface area contributed by atoms with Gasteiger partial charge >= 0.3 is 0 Å². The number of nitrogens with two attached hydrogens (primary N) is 1. The molecule has 88 valence electrons. The van der Waals surface area contributed by atoms with E-state index in [9.17, 15) is 4.79 Å². The second kappa shape index (κ2) is 5.18. The van der Waals surface area contributed by atoms with Crippen molar-refractivity contribution in [3.63, 3.8) is 0 Å². The fourth-order valence-corrected chi connectivity index (χ4v) is 1.59. The van der Waals surface area contributed by atoms with Gasteiger partial charge in [-0.05, 0) is 17.7 Å². The van der Waals surface area contributed by atoms with Crippen LogP contribution in [0.4, 0.5) is 0 Å². The van der Waals surface area contributed by atoms with Crippen LogP contribution in [-0.2, 0) is 4.79 Å². The van der Waals surface area contributed by atoms with Crippen LogP contribution in [0.3, 0.4) is 0 Å². The lowest BCUT2D eigenvalue weighted by Gasteiger charge is -2.18. The molecule has 0 bridgehead atoms. The van der Waals surface area contributed by atoms with E-state index < -0.39 is 6.04 Å². The molecule has 2 N–H and O–H groups in total. The minimum absolute atomic E-state index is 0.188. The summed E-state index contributed by atoms with van der Waals surface area (Å²) in [6.45, 7) is 0. The van der Waals surface area contributed by atoms with Crippen LogP contribution in [0.15, 0.2) is 18.2 Å². The Morgan fingerprint density at radius 1 is 1.50 bits per heavy atom. The molecule has 0 heterocycles. The molecule has 0 aliphatic rings. The third-order valence-electron chi connectivity index (χ3n) is 2.25. The van der Waals surface area contributed by atoms with Gasteiger partial charge in [-0.3, -0.25) is 4.79 Å². The third-order valence-corrected chi connectivity index (χ3v) is 2.58. The third kappa shape index (κ3) is 2.65. The van der Waals surface area contributed by atoms with Crippen LogP contribution in [0.2, 0.25) is 5.02 Å². The zero-order valence-electron chi connectivity index (χ0n) is 9.53. The van der Waals surface area contributed by atoms with Crippen LogP contribution in [0.25, 0.3) is 0 Å². The summed E-state index contributed by atoms with van der Waals surface area (Å²) in [6.07, 6.45) is 0. The van der Waals surface area contributed by atoms with Crippen LogP contribution >= 0.6 is 11.6 Å². The largest absolute Gasteiger partial charge is 0.497 e. The van der Waals surface area contributed by atoms with Gasteiger partial charge in [-0.1, -0.05) is 17.7 Å². The van der Waals surface area contributed by atoms with Gasteiger partial charge in [0, 0.05) is 19.1 Å². The minimum atomic E-state index is -0.742. The molecule has 1 aromatic rings. The summed E-state index contributed by atoms with van der Waals surface area (Å²) >= 11 is 6.02. The van der Waals surface area contributed by atoms with Gasteiger partial charge in [0.25, 0.3) is 0 Å². The Hall–Kier alpha value is -1.26. The molecule has 1 amide bonds. The first-order valence-electron chi connectivity index (χ1n) is 4.77. The number of ether oxygens (including phenoxy) is 1. The van der Waals surface area contributed by atoms with E-state index in [0.717, 1.165) is 0 Å². The summed E-state index contributed by atoms with van der Waals surface area (Å²) in [5.74, 6) is 0.449. The Bertz CT molecular complexity index is 394. The van der Waals surface area contributed by atoms with E-state index in [1.807, 2.05) is 0 Å². The zero-order chi connectivity index (χ0) is 12.3. The first kappa shape index (κ1) is 12.8. The van der Waals surface area contributed by atoms with Crippen LogP contribution in [0.5, 0.6) is 5.75 Å². The average molecular weight is 243 g/mol. The summed E-state index contributed by atoms with van der Waals surface area (Å²) in [5, 5.41) is 0.432. The van der Waals surface area contributed by atoms with Crippen molar-refractivity contribution < 1.29 is 9.53 Å². The van der Waals surface area contributed by atoms with Crippen molar-refractivity contribution in [2.24, 2.45) is 5.73 Å². The maximum Gasteiger partial charge on any atom is 0.243 e. The molecule has 5 heteroatoms. The lowest BCUT2D eigenvalue weighted by Crippen LogP contribution is -2.33. The van der Waals surface area contributed by atoms with Gasteiger partial charge in [0.15, 0.2) is 0 Å². The molecule has 0 saturated carbocycles. The van der Waals surface area contributed by atoms with Crippen molar-refractivity contribution in [3.05, 3.63) is 28.8 Å². The molecule has 0 fully saturated rings. The quantitative estimate of drug-likeness (QED) is 0.873. The molecular formula is C11H15ClN2O2. The van der Waals surface area contributed by atoms with Gasteiger partial charge in [-0.25, -0.2) is 0 Å². The number of hydrogen-bond acceptors (Lipinski definition) is 3. The van der Waals surface area contributed by atoms with Crippen LogP contribution in [-0.4, -0.2) is 32.0 Å². The minimum Gasteiger partial charge on any atom is -0.497 e. The van der Waals surface area contributed by atoms with Gasteiger partial charge in [-0.15, -0.1) is 0 Å². The molecule has 0 radical (unpaired) electrons. The number of hydrogen-bond donors (Lipinski definition) is 1. The Morgan fingerprint density at radius 3 is 2.56 bits per heavy atom. The van der Waals surface area contributed by atoms with Gasteiger partial charge in [-0.2, -0.15) is 0 Å². The second-order valence-corrected chi connectivity index (χ2v) is 4.00. The number of halogens is 1. The molecule has 16 heavy (non-hydrogen) atoms. The predicted octanol–water partition coefficient (Wildman–Crippen LogP) is 1.44. The second-order valence-electron chi connectivity index (χ2n) is 3.60. The maximum atomic E-state index is 11.7. The molecule has 4 nitrogen and oxygen atoms in total. The number of carbonyl (C=O) groups excluding carboxylic acids is 1. The first-order valence-corrected chi connectivity index (χ1v) is 5.15. The van der Waals surface area contributed by atoms with Crippen molar-refractivity contribution in [1.29, 1.82) is 0 Å². The van der Waals surface area contributed by atoms with E-state index >= 15 is 0 Å². The van der Waals surface area contributed by atoms with Crippen molar-refractivity contribution in [3.8, 4) is 5.75 Å². The van der Waals surface area contributed by atoms with E-state index in [-0.39, 0.29) is 5.91 Å². The molecular weight excluding hydrogens is 228 g/mol. The normalized spacial score (nSPS) is 12.1. The highest BCUT2D eigenvalue weighted by Crippen LogP contribution is 2.26. The SMILES string of the molecule is COc1ccc(C(N)C(=O)N(C)C)c(Cl)c1. The lowest BCUT2D eigenvalue weighted by atomic mass is 10.1. The molecule has 0 aliphatic heterocycles. The fraction of sp³-hybridized carbons (Fsp3) is 0.364. The summed E-state index contributed by atoms with van der Waals surface area (Å²) in [5.41, 5.74) is 6.41. The smallest absolute Gasteiger partial charge is 0.243 e. The van der Waals surface area contributed by atoms with Crippen molar-refractivity contribution >= 4 is 17.5 Å². The van der Waals surface area contributed by atoms with Crippen molar-refractivity contribution in [1.82, 2.24) is 4.90 Å². The number of amides is 1. The standard InChI is InChI=1S/C11H15ClN2O2/c1-14(2)11(15)10(13)8-5-4-7(16-3)6-9(8)12/h4-6,10H,13H2,1-3H3. The van der Waals surface area contributed by atoms with Gasteiger partial charge in [0.2, 0.25) is 5.91 Å². The van der Waals surface area contributed by atoms with Crippen LogP contribution in [0.1, 0.15) is 11.6 Å².